The van der Waals surface area contributed by atoms with Gasteiger partial charge >= 0.3 is 0 Å². The summed E-state index contributed by atoms with van der Waals surface area (Å²) in [5.74, 6) is 5.20. The number of rotatable bonds is 2. The molecule has 1 rings (SSSR count). The summed E-state index contributed by atoms with van der Waals surface area (Å²) < 4.78 is 0. The van der Waals surface area contributed by atoms with Gasteiger partial charge in [-0.1, -0.05) is 0 Å². The molecular weight excluding hydrogens is 148 g/mol. The second kappa shape index (κ2) is 2.98. The van der Waals surface area contributed by atoms with Gasteiger partial charge in [-0.05, 0) is 12.1 Å². The fraction of sp³-hybridized carbons (Fsp3) is 0. The van der Waals surface area contributed by atoms with E-state index in [1.807, 2.05) is 0 Å². The van der Waals surface area contributed by atoms with Crippen molar-refractivity contribution in [1.29, 1.82) is 0 Å². The molecule has 58 valence electrons. The Morgan fingerprint density at radius 2 is 1.91 bits per heavy atom. The maximum Gasteiger partial charge on any atom is 0.269 e. The molecule has 0 aliphatic heterocycles. The summed E-state index contributed by atoms with van der Waals surface area (Å²) in [5, 5.41) is 10.1. The molecule has 0 atom stereocenters. The molecule has 0 aromatic heterocycles. The third-order valence-electron chi connectivity index (χ3n) is 1.18. The van der Waals surface area contributed by atoms with Crippen molar-refractivity contribution in [2.24, 2.45) is 5.90 Å². The van der Waals surface area contributed by atoms with Crippen molar-refractivity contribution >= 4 is 5.69 Å². The molecule has 0 saturated heterocycles. The molecule has 1 aromatic carbocycles. The lowest BCUT2D eigenvalue weighted by Crippen LogP contribution is -2.01. The lowest BCUT2D eigenvalue weighted by atomic mass is 10.3. The third-order valence-corrected chi connectivity index (χ3v) is 1.18. The standard InChI is InChI=1S/C6H6N2O3/c7-11-6-3-1-5(2-4-6)8(9)10/h1-4H,7H2. The van der Waals surface area contributed by atoms with Gasteiger partial charge in [-0.3, -0.25) is 10.1 Å². The predicted octanol–water partition coefficient (Wildman–Crippen LogP) is 0.847. The van der Waals surface area contributed by atoms with E-state index < -0.39 is 4.92 Å². The molecule has 0 radical (unpaired) electrons. The Morgan fingerprint density at radius 1 is 1.36 bits per heavy atom. The SMILES string of the molecule is NOc1ccc([N+](=O)[O-])cc1. The zero-order chi connectivity index (χ0) is 8.27. The number of hydrogen-bond donors (Lipinski definition) is 1. The fourth-order valence-corrected chi connectivity index (χ4v) is 0.646. The number of nitro groups is 1. The van der Waals surface area contributed by atoms with E-state index in [2.05, 4.69) is 4.84 Å². The van der Waals surface area contributed by atoms with E-state index in [9.17, 15) is 10.1 Å². The molecule has 0 saturated carbocycles. The minimum absolute atomic E-state index is 0.0193. The van der Waals surface area contributed by atoms with Crippen molar-refractivity contribution in [2.75, 3.05) is 0 Å². The number of non-ortho nitro benzene ring substituents is 1. The molecule has 0 amide bonds. The Bertz CT molecular complexity index is 257. The molecule has 0 unspecified atom stereocenters. The van der Waals surface area contributed by atoms with Crippen LogP contribution in [0.5, 0.6) is 5.75 Å². The molecule has 0 aliphatic rings. The van der Waals surface area contributed by atoms with Crippen molar-refractivity contribution in [3.05, 3.63) is 34.4 Å². The molecule has 0 aliphatic carbocycles. The van der Waals surface area contributed by atoms with Crippen LogP contribution in [0, 0.1) is 10.1 Å². The van der Waals surface area contributed by atoms with Crippen LogP contribution in [-0.4, -0.2) is 4.92 Å². The molecule has 0 fully saturated rings. The van der Waals surface area contributed by atoms with Crippen LogP contribution in [0.3, 0.4) is 0 Å². The van der Waals surface area contributed by atoms with Crippen molar-refractivity contribution < 1.29 is 9.76 Å². The smallest absolute Gasteiger partial charge is 0.269 e. The van der Waals surface area contributed by atoms with Gasteiger partial charge in [-0.2, -0.15) is 5.90 Å². The largest absolute Gasteiger partial charge is 0.412 e. The van der Waals surface area contributed by atoms with Crippen LogP contribution in [0.1, 0.15) is 0 Å². The quantitative estimate of drug-likeness (QED) is 0.505. The molecule has 2 N–H and O–H groups in total. The third kappa shape index (κ3) is 1.65. The van der Waals surface area contributed by atoms with Gasteiger partial charge in [-0.15, -0.1) is 0 Å². The second-order valence-corrected chi connectivity index (χ2v) is 1.87. The molecule has 11 heavy (non-hydrogen) atoms. The van der Waals surface area contributed by atoms with Crippen LogP contribution in [0.15, 0.2) is 24.3 Å². The molecule has 0 bridgehead atoms. The van der Waals surface area contributed by atoms with Gasteiger partial charge in [0.1, 0.15) is 5.75 Å². The first-order valence-electron chi connectivity index (χ1n) is 2.85. The van der Waals surface area contributed by atoms with E-state index in [1.165, 1.54) is 24.3 Å². The summed E-state index contributed by atoms with van der Waals surface area (Å²) in [6.07, 6.45) is 0. The Kier molecular flexibility index (Phi) is 2.03. The fourth-order valence-electron chi connectivity index (χ4n) is 0.646. The Balaban J connectivity index is 2.91. The number of hydrogen-bond acceptors (Lipinski definition) is 4. The Hall–Kier alpha value is -1.62. The van der Waals surface area contributed by atoms with E-state index in [-0.39, 0.29) is 5.69 Å². The average molecular weight is 154 g/mol. The first-order valence-corrected chi connectivity index (χ1v) is 2.85. The summed E-state index contributed by atoms with van der Waals surface area (Å²) >= 11 is 0. The molecule has 5 nitrogen and oxygen atoms in total. The van der Waals surface area contributed by atoms with Gasteiger partial charge in [-0.25, -0.2) is 0 Å². The maximum atomic E-state index is 10.1. The second-order valence-electron chi connectivity index (χ2n) is 1.87. The van der Waals surface area contributed by atoms with Gasteiger partial charge < -0.3 is 4.84 Å². The van der Waals surface area contributed by atoms with E-state index in [4.69, 9.17) is 5.90 Å². The minimum Gasteiger partial charge on any atom is -0.412 e. The highest BCUT2D eigenvalue weighted by molar-refractivity contribution is 5.35. The molecule has 5 heteroatoms. The van der Waals surface area contributed by atoms with Gasteiger partial charge in [0.2, 0.25) is 0 Å². The van der Waals surface area contributed by atoms with Crippen LogP contribution in [0.2, 0.25) is 0 Å². The van der Waals surface area contributed by atoms with Crippen molar-refractivity contribution in [3.63, 3.8) is 0 Å². The van der Waals surface area contributed by atoms with Crippen molar-refractivity contribution in [1.82, 2.24) is 0 Å². The van der Waals surface area contributed by atoms with E-state index >= 15 is 0 Å². The highest BCUT2D eigenvalue weighted by Crippen LogP contribution is 2.15. The summed E-state index contributed by atoms with van der Waals surface area (Å²) in [7, 11) is 0. The summed E-state index contributed by atoms with van der Waals surface area (Å²) in [6, 6.07) is 5.50. The number of benzene rings is 1. The number of nitrogens with zero attached hydrogens (tertiary/aromatic N) is 1. The minimum atomic E-state index is -0.486. The van der Waals surface area contributed by atoms with Crippen LogP contribution in [-0.2, 0) is 0 Å². The van der Waals surface area contributed by atoms with Crippen molar-refractivity contribution in [2.45, 2.75) is 0 Å². The molecular formula is C6H6N2O3. The van der Waals surface area contributed by atoms with Crippen LogP contribution >= 0.6 is 0 Å². The zero-order valence-electron chi connectivity index (χ0n) is 5.56. The topological polar surface area (TPSA) is 78.4 Å². The summed E-state index contributed by atoms with van der Waals surface area (Å²) in [6.45, 7) is 0. The lowest BCUT2D eigenvalue weighted by Gasteiger charge is -1.95. The van der Waals surface area contributed by atoms with Crippen molar-refractivity contribution in [3.8, 4) is 5.75 Å². The highest BCUT2D eigenvalue weighted by Gasteiger charge is 2.02. The highest BCUT2D eigenvalue weighted by atomic mass is 16.6. The van der Waals surface area contributed by atoms with Crippen LogP contribution in [0.25, 0.3) is 0 Å². The average Bonchev–Trinajstić information content (AvgIpc) is 2.05. The van der Waals surface area contributed by atoms with Gasteiger partial charge in [0.15, 0.2) is 0 Å². The molecule has 0 heterocycles. The van der Waals surface area contributed by atoms with E-state index in [1.54, 1.807) is 0 Å². The Labute approximate surface area is 62.5 Å². The maximum absolute atomic E-state index is 10.1. The summed E-state index contributed by atoms with van der Waals surface area (Å²) in [5.41, 5.74) is 0.0193. The first kappa shape index (κ1) is 7.49. The van der Waals surface area contributed by atoms with Gasteiger partial charge in [0, 0.05) is 12.1 Å². The monoisotopic (exact) mass is 154 g/mol. The van der Waals surface area contributed by atoms with Gasteiger partial charge in [0.05, 0.1) is 4.92 Å². The zero-order valence-corrected chi connectivity index (χ0v) is 5.56. The predicted molar refractivity (Wildman–Crippen MR) is 37.9 cm³/mol. The van der Waals surface area contributed by atoms with E-state index in [0.29, 0.717) is 5.75 Å². The summed E-state index contributed by atoms with van der Waals surface area (Å²) in [4.78, 5) is 14.0. The lowest BCUT2D eigenvalue weighted by molar-refractivity contribution is -0.384. The Morgan fingerprint density at radius 3 is 2.27 bits per heavy atom. The number of nitro benzene ring substituents is 1. The van der Waals surface area contributed by atoms with E-state index in [0.717, 1.165) is 0 Å². The molecule has 1 aromatic rings. The molecule has 0 spiro atoms. The van der Waals surface area contributed by atoms with Gasteiger partial charge in [0.25, 0.3) is 5.69 Å². The first-order chi connectivity index (χ1) is 5.24. The number of nitrogens with two attached hydrogens (primary N) is 1. The van der Waals surface area contributed by atoms with Crippen LogP contribution in [0.4, 0.5) is 5.69 Å². The van der Waals surface area contributed by atoms with Crippen LogP contribution < -0.4 is 10.7 Å². The normalized spacial score (nSPS) is 9.18.